The molecule has 1 atom stereocenters. The number of hydrogen-bond donors (Lipinski definition) is 1. The second-order valence-corrected chi connectivity index (χ2v) is 7.74. The van der Waals surface area contributed by atoms with Gasteiger partial charge in [-0.25, -0.2) is 13.2 Å². The van der Waals surface area contributed by atoms with Gasteiger partial charge in [-0.05, 0) is 43.5 Å². The molecule has 110 valence electrons. The predicted octanol–water partition coefficient (Wildman–Crippen LogP) is 1.95. The number of sulfone groups is 1. The van der Waals surface area contributed by atoms with Crippen LogP contribution in [0, 0.1) is 13.8 Å². The van der Waals surface area contributed by atoms with Gasteiger partial charge in [-0.3, -0.25) is 0 Å². The highest BCUT2D eigenvalue weighted by molar-refractivity contribution is 7.91. The molecule has 1 heterocycles. The topological polar surface area (TPSA) is 66.5 Å². The first-order chi connectivity index (χ1) is 9.27. The van der Waals surface area contributed by atoms with Crippen molar-refractivity contribution in [3.8, 4) is 0 Å². The Morgan fingerprint density at radius 2 is 2.00 bits per heavy atom. The normalized spacial score (nSPS) is 19.1. The smallest absolute Gasteiger partial charge is 0.321 e. The van der Waals surface area contributed by atoms with Crippen molar-refractivity contribution >= 4 is 21.6 Å². The van der Waals surface area contributed by atoms with Crippen LogP contribution in [0.15, 0.2) is 18.2 Å². The molecule has 0 aromatic heterocycles. The third-order valence-electron chi connectivity index (χ3n) is 3.80. The molecule has 0 spiro atoms. The van der Waals surface area contributed by atoms with Crippen molar-refractivity contribution in [1.82, 2.24) is 4.90 Å². The molecule has 1 saturated heterocycles. The summed E-state index contributed by atoms with van der Waals surface area (Å²) in [5.74, 6) is 0. The minimum Gasteiger partial charge on any atom is -0.323 e. The Balaban J connectivity index is 2.01. The van der Waals surface area contributed by atoms with Crippen molar-refractivity contribution in [2.45, 2.75) is 25.5 Å². The van der Waals surface area contributed by atoms with Crippen molar-refractivity contribution in [3.63, 3.8) is 0 Å². The standard InChI is InChI=1S/C14H20N2O3S/c1-10-4-5-12(8-11(10)2)15-14(17)16-7-6-13(9-16)20(3,18)19/h4-5,8,13H,6-7,9H2,1-3H3,(H,15,17). The van der Waals surface area contributed by atoms with E-state index in [9.17, 15) is 13.2 Å². The van der Waals surface area contributed by atoms with Crippen molar-refractivity contribution in [1.29, 1.82) is 0 Å². The van der Waals surface area contributed by atoms with Crippen molar-refractivity contribution in [3.05, 3.63) is 29.3 Å². The van der Waals surface area contributed by atoms with E-state index in [0.29, 0.717) is 13.0 Å². The van der Waals surface area contributed by atoms with E-state index in [2.05, 4.69) is 5.32 Å². The van der Waals surface area contributed by atoms with Gasteiger partial charge in [0.15, 0.2) is 9.84 Å². The zero-order valence-corrected chi connectivity index (χ0v) is 12.8. The van der Waals surface area contributed by atoms with Gasteiger partial charge in [0.2, 0.25) is 0 Å². The zero-order valence-electron chi connectivity index (χ0n) is 12.0. The number of aryl methyl sites for hydroxylation is 2. The fourth-order valence-electron chi connectivity index (χ4n) is 2.28. The molecule has 0 radical (unpaired) electrons. The van der Waals surface area contributed by atoms with Gasteiger partial charge in [-0.1, -0.05) is 6.07 Å². The second kappa shape index (κ2) is 5.44. The third kappa shape index (κ3) is 3.30. The molecule has 2 rings (SSSR count). The van der Waals surface area contributed by atoms with E-state index < -0.39 is 15.1 Å². The highest BCUT2D eigenvalue weighted by Crippen LogP contribution is 2.19. The summed E-state index contributed by atoms with van der Waals surface area (Å²) in [6, 6.07) is 5.48. The number of likely N-dealkylation sites (tertiary alicyclic amines) is 1. The summed E-state index contributed by atoms with van der Waals surface area (Å²) < 4.78 is 23.0. The number of anilines is 1. The van der Waals surface area contributed by atoms with E-state index in [1.165, 1.54) is 11.8 Å². The number of hydrogen-bond acceptors (Lipinski definition) is 3. The lowest BCUT2D eigenvalue weighted by atomic mass is 10.1. The third-order valence-corrected chi connectivity index (χ3v) is 5.39. The van der Waals surface area contributed by atoms with Crippen LogP contribution in [0.3, 0.4) is 0 Å². The first kappa shape index (κ1) is 14.8. The van der Waals surface area contributed by atoms with E-state index in [1.807, 2.05) is 32.0 Å². The van der Waals surface area contributed by atoms with Gasteiger partial charge in [0, 0.05) is 25.0 Å². The number of benzene rings is 1. The lowest BCUT2D eigenvalue weighted by molar-refractivity contribution is 0.222. The molecule has 1 fully saturated rings. The number of amides is 2. The monoisotopic (exact) mass is 296 g/mol. The summed E-state index contributed by atoms with van der Waals surface area (Å²) in [4.78, 5) is 13.7. The Labute approximate surface area is 119 Å². The second-order valence-electron chi connectivity index (χ2n) is 5.42. The Bertz CT molecular complexity index is 625. The van der Waals surface area contributed by atoms with Gasteiger partial charge < -0.3 is 10.2 Å². The van der Waals surface area contributed by atoms with E-state index in [-0.39, 0.29) is 12.6 Å². The first-order valence-corrected chi connectivity index (χ1v) is 8.55. The van der Waals surface area contributed by atoms with Crippen LogP contribution >= 0.6 is 0 Å². The lowest BCUT2D eigenvalue weighted by Crippen LogP contribution is -2.34. The predicted molar refractivity (Wildman–Crippen MR) is 79.8 cm³/mol. The molecule has 0 aliphatic carbocycles. The Hall–Kier alpha value is -1.56. The van der Waals surface area contributed by atoms with Crippen LogP contribution < -0.4 is 5.32 Å². The highest BCUT2D eigenvalue weighted by atomic mass is 32.2. The number of urea groups is 1. The Kier molecular flexibility index (Phi) is 4.04. The number of nitrogens with one attached hydrogen (secondary N) is 1. The summed E-state index contributed by atoms with van der Waals surface area (Å²) in [7, 11) is -3.08. The number of carbonyl (C=O) groups is 1. The molecular weight excluding hydrogens is 276 g/mol. The van der Waals surface area contributed by atoms with Gasteiger partial charge in [-0.2, -0.15) is 0 Å². The molecule has 1 N–H and O–H groups in total. The van der Waals surface area contributed by atoms with Gasteiger partial charge in [0.05, 0.1) is 5.25 Å². The van der Waals surface area contributed by atoms with Crippen LogP contribution in [0.2, 0.25) is 0 Å². The fourth-order valence-corrected chi connectivity index (χ4v) is 3.27. The maximum Gasteiger partial charge on any atom is 0.321 e. The van der Waals surface area contributed by atoms with Gasteiger partial charge in [0.1, 0.15) is 0 Å². The summed E-state index contributed by atoms with van der Waals surface area (Å²) in [5.41, 5.74) is 3.01. The van der Waals surface area contributed by atoms with Gasteiger partial charge in [-0.15, -0.1) is 0 Å². The van der Waals surface area contributed by atoms with Crippen LogP contribution in [-0.2, 0) is 9.84 Å². The van der Waals surface area contributed by atoms with E-state index in [4.69, 9.17) is 0 Å². The summed E-state index contributed by atoms with van der Waals surface area (Å²) >= 11 is 0. The molecule has 0 bridgehead atoms. The fraction of sp³-hybridized carbons (Fsp3) is 0.500. The molecule has 1 aliphatic heterocycles. The highest BCUT2D eigenvalue weighted by Gasteiger charge is 2.32. The molecule has 1 aromatic carbocycles. The number of rotatable bonds is 2. The SMILES string of the molecule is Cc1ccc(NC(=O)N2CCC(S(C)(=O)=O)C2)cc1C. The van der Waals surface area contributed by atoms with Crippen LogP contribution in [0.1, 0.15) is 17.5 Å². The van der Waals surface area contributed by atoms with Crippen LogP contribution in [0.5, 0.6) is 0 Å². The van der Waals surface area contributed by atoms with E-state index in [1.54, 1.807) is 4.90 Å². The van der Waals surface area contributed by atoms with Crippen molar-refractivity contribution in [2.75, 3.05) is 24.7 Å². The largest absolute Gasteiger partial charge is 0.323 e. The Morgan fingerprint density at radius 3 is 2.55 bits per heavy atom. The molecule has 20 heavy (non-hydrogen) atoms. The maximum absolute atomic E-state index is 12.1. The molecule has 0 saturated carbocycles. The van der Waals surface area contributed by atoms with Crippen molar-refractivity contribution < 1.29 is 13.2 Å². The molecule has 2 amide bonds. The lowest BCUT2D eigenvalue weighted by Gasteiger charge is -2.17. The minimum atomic E-state index is -3.08. The zero-order chi connectivity index (χ0) is 14.9. The van der Waals surface area contributed by atoms with Crippen LogP contribution in [0.25, 0.3) is 0 Å². The molecule has 1 aromatic rings. The van der Waals surface area contributed by atoms with E-state index in [0.717, 1.165) is 11.3 Å². The van der Waals surface area contributed by atoms with Crippen LogP contribution in [0.4, 0.5) is 10.5 Å². The summed E-state index contributed by atoms with van der Waals surface area (Å²) in [6.07, 6.45) is 1.74. The van der Waals surface area contributed by atoms with E-state index >= 15 is 0 Å². The minimum absolute atomic E-state index is 0.237. The average molecular weight is 296 g/mol. The van der Waals surface area contributed by atoms with Gasteiger partial charge in [0.25, 0.3) is 0 Å². The molecule has 5 nitrogen and oxygen atoms in total. The molecule has 6 heteroatoms. The van der Waals surface area contributed by atoms with Crippen molar-refractivity contribution in [2.24, 2.45) is 0 Å². The first-order valence-electron chi connectivity index (χ1n) is 6.59. The summed E-state index contributed by atoms with van der Waals surface area (Å²) in [6.45, 7) is 4.75. The number of nitrogens with zero attached hydrogens (tertiary/aromatic N) is 1. The number of carbonyl (C=O) groups excluding carboxylic acids is 1. The quantitative estimate of drug-likeness (QED) is 0.907. The Morgan fingerprint density at radius 1 is 1.30 bits per heavy atom. The molecule has 1 unspecified atom stereocenters. The molecular formula is C14H20N2O3S. The average Bonchev–Trinajstić information content (AvgIpc) is 2.83. The van der Waals surface area contributed by atoms with Crippen LogP contribution in [-0.4, -0.2) is 43.9 Å². The molecule has 1 aliphatic rings. The maximum atomic E-state index is 12.1. The van der Waals surface area contributed by atoms with Gasteiger partial charge >= 0.3 is 6.03 Å². The summed E-state index contributed by atoms with van der Waals surface area (Å²) in [5, 5.41) is 2.38.